The molecule has 1 aliphatic heterocycles. The van der Waals surface area contributed by atoms with Crippen LogP contribution >= 0.6 is 23.2 Å². The Hall–Kier alpha value is -2.19. The van der Waals surface area contributed by atoms with Gasteiger partial charge in [-0.1, -0.05) is 35.3 Å². The van der Waals surface area contributed by atoms with Gasteiger partial charge in [-0.2, -0.15) is 4.31 Å². The molecule has 0 bridgehead atoms. The van der Waals surface area contributed by atoms with Crippen molar-refractivity contribution in [3.63, 3.8) is 0 Å². The fourth-order valence-corrected chi connectivity index (χ4v) is 5.82. The van der Waals surface area contributed by atoms with Gasteiger partial charge in [0, 0.05) is 53.9 Å². The molecular formula is C24H26Cl2N4O2S. The highest BCUT2D eigenvalue weighted by molar-refractivity contribution is 7.89. The lowest BCUT2D eigenvalue weighted by Gasteiger charge is -2.26. The van der Waals surface area contributed by atoms with E-state index in [1.165, 1.54) is 0 Å². The Kier molecular flexibility index (Phi) is 7.24. The zero-order valence-electron chi connectivity index (χ0n) is 18.6. The highest BCUT2D eigenvalue weighted by Gasteiger charge is 2.28. The van der Waals surface area contributed by atoms with E-state index in [9.17, 15) is 8.42 Å². The molecule has 2 aromatic carbocycles. The molecule has 1 fully saturated rings. The molecule has 1 aromatic heterocycles. The number of halogens is 2. The maximum Gasteiger partial charge on any atom is 0.243 e. The van der Waals surface area contributed by atoms with Gasteiger partial charge in [0.1, 0.15) is 11.6 Å². The second-order valence-electron chi connectivity index (χ2n) is 8.16. The van der Waals surface area contributed by atoms with Crippen LogP contribution in [0.5, 0.6) is 0 Å². The van der Waals surface area contributed by atoms with Gasteiger partial charge in [0.15, 0.2) is 0 Å². The van der Waals surface area contributed by atoms with Crippen molar-refractivity contribution in [2.45, 2.75) is 31.6 Å². The number of benzene rings is 2. The van der Waals surface area contributed by atoms with E-state index >= 15 is 0 Å². The Balaban J connectivity index is 1.59. The first-order valence-corrected chi connectivity index (χ1v) is 13.0. The third kappa shape index (κ3) is 5.49. The first kappa shape index (κ1) is 24.0. The average molecular weight is 505 g/mol. The van der Waals surface area contributed by atoms with Crippen LogP contribution in [0.4, 0.5) is 5.82 Å². The van der Waals surface area contributed by atoms with Gasteiger partial charge in [0.25, 0.3) is 0 Å². The number of anilines is 1. The van der Waals surface area contributed by atoms with Crippen LogP contribution < -0.4 is 4.90 Å². The van der Waals surface area contributed by atoms with Crippen molar-refractivity contribution in [2.75, 3.05) is 31.1 Å². The number of rotatable bonds is 5. The minimum absolute atomic E-state index is 0.262. The molecule has 0 aliphatic carbocycles. The van der Waals surface area contributed by atoms with Crippen molar-refractivity contribution in [1.29, 1.82) is 0 Å². The molecule has 0 radical (unpaired) electrons. The first-order chi connectivity index (χ1) is 15.7. The van der Waals surface area contributed by atoms with Crippen molar-refractivity contribution in [2.24, 2.45) is 0 Å². The van der Waals surface area contributed by atoms with Crippen LogP contribution in [0.3, 0.4) is 0 Å². The number of aromatic nitrogens is 2. The minimum atomic E-state index is -3.58. The second-order valence-corrected chi connectivity index (χ2v) is 11.0. The summed E-state index contributed by atoms with van der Waals surface area (Å²) >= 11 is 12.0. The summed E-state index contributed by atoms with van der Waals surface area (Å²) in [5.74, 6) is 1.58. The number of aryl methyl sites for hydroxylation is 2. The standard InChI is InChI=1S/C24H26Cl2N4O2S/c1-17-23(16-19-4-6-20(25)7-5-19)24(28-18(2)27-17)29-12-3-13-30(15-14-29)33(31,32)22-10-8-21(26)9-11-22/h4-11H,3,12-16H2,1-2H3. The molecule has 0 unspecified atom stereocenters. The predicted octanol–water partition coefficient (Wildman–Crippen LogP) is 4.89. The van der Waals surface area contributed by atoms with Crippen molar-refractivity contribution in [3.05, 3.63) is 81.2 Å². The van der Waals surface area contributed by atoms with E-state index in [-0.39, 0.29) is 4.90 Å². The monoisotopic (exact) mass is 504 g/mol. The van der Waals surface area contributed by atoms with Gasteiger partial charge in [-0.3, -0.25) is 0 Å². The first-order valence-electron chi connectivity index (χ1n) is 10.8. The van der Waals surface area contributed by atoms with E-state index in [4.69, 9.17) is 28.2 Å². The van der Waals surface area contributed by atoms with E-state index in [2.05, 4.69) is 9.88 Å². The topological polar surface area (TPSA) is 66.4 Å². The largest absolute Gasteiger partial charge is 0.355 e. The van der Waals surface area contributed by atoms with E-state index in [0.29, 0.717) is 48.3 Å². The van der Waals surface area contributed by atoms with Crippen molar-refractivity contribution in [3.8, 4) is 0 Å². The molecule has 33 heavy (non-hydrogen) atoms. The maximum atomic E-state index is 13.2. The van der Waals surface area contributed by atoms with Crippen LogP contribution in [0, 0.1) is 13.8 Å². The number of hydrogen-bond donors (Lipinski definition) is 0. The Morgan fingerprint density at radius 3 is 2.15 bits per heavy atom. The van der Waals surface area contributed by atoms with Gasteiger partial charge in [0.05, 0.1) is 4.90 Å². The van der Waals surface area contributed by atoms with E-state index in [1.54, 1.807) is 28.6 Å². The summed E-state index contributed by atoms with van der Waals surface area (Å²) < 4.78 is 27.9. The van der Waals surface area contributed by atoms with Gasteiger partial charge < -0.3 is 4.90 Å². The van der Waals surface area contributed by atoms with Gasteiger partial charge in [0.2, 0.25) is 10.0 Å². The van der Waals surface area contributed by atoms with Gasteiger partial charge in [-0.15, -0.1) is 0 Å². The highest BCUT2D eigenvalue weighted by Crippen LogP contribution is 2.27. The molecule has 9 heteroatoms. The third-order valence-electron chi connectivity index (χ3n) is 5.80. The van der Waals surface area contributed by atoms with Crippen LogP contribution in [0.15, 0.2) is 53.4 Å². The molecule has 0 saturated carbocycles. The summed E-state index contributed by atoms with van der Waals surface area (Å²) in [6, 6.07) is 14.1. The molecule has 1 saturated heterocycles. The molecule has 0 N–H and O–H groups in total. The van der Waals surface area contributed by atoms with Crippen molar-refractivity contribution < 1.29 is 8.42 Å². The predicted molar refractivity (Wildman–Crippen MR) is 133 cm³/mol. The normalized spacial score (nSPS) is 15.5. The zero-order chi connectivity index (χ0) is 23.6. The third-order valence-corrected chi connectivity index (χ3v) is 8.22. The fourth-order valence-electron chi connectivity index (χ4n) is 4.09. The summed E-state index contributed by atoms with van der Waals surface area (Å²) in [5.41, 5.74) is 3.11. The van der Waals surface area contributed by atoms with Crippen molar-refractivity contribution >= 4 is 39.0 Å². The number of nitrogens with zero attached hydrogens (tertiary/aromatic N) is 4. The number of sulfonamides is 1. The van der Waals surface area contributed by atoms with Gasteiger partial charge in [-0.05, 0) is 62.2 Å². The maximum absolute atomic E-state index is 13.2. The van der Waals surface area contributed by atoms with Crippen LogP contribution in [-0.2, 0) is 16.4 Å². The molecule has 174 valence electrons. The summed E-state index contributed by atoms with van der Waals surface area (Å²) in [5, 5.41) is 1.21. The Morgan fingerprint density at radius 2 is 1.48 bits per heavy atom. The summed E-state index contributed by atoms with van der Waals surface area (Å²) in [4.78, 5) is 11.8. The van der Waals surface area contributed by atoms with Crippen LogP contribution in [0.2, 0.25) is 10.0 Å². The van der Waals surface area contributed by atoms with E-state index in [1.807, 2.05) is 38.1 Å². The lowest BCUT2D eigenvalue weighted by atomic mass is 10.0. The fraction of sp³-hybridized carbons (Fsp3) is 0.333. The van der Waals surface area contributed by atoms with Gasteiger partial charge >= 0.3 is 0 Å². The molecule has 0 amide bonds. The molecule has 0 atom stereocenters. The Labute approximate surface area is 205 Å². The highest BCUT2D eigenvalue weighted by atomic mass is 35.5. The molecule has 0 spiro atoms. The van der Waals surface area contributed by atoms with Gasteiger partial charge in [-0.25, -0.2) is 18.4 Å². The Morgan fingerprint density at radius 1 is 0.848 bits per heavy atom. The molecule has 6 nitrogen and oxygen atoms in total. The Bertz CT molecular complexity index is 1230. The van der Waals surface area contributed by atoms with Crippen LogP contribution in [0.25, 0.3) is 0 Å². The second kappa shape index (κ2) is 9.97. The summed E-state index contributed by atoms with van der Waals surface area (Å²) in [6.45, 7) is 5.99. The SMILES string of the molecule is Cc1nc(C)c(Cc2ccc(Cl)cc2)c(N2CCCN(S(=O)(=O)c3ccc(Cl)cc3)CC2)n1. The molecule has 4 rings (SSSR count). The smallest absolute Gasteiger partial charge is 0.243 e. The lowest BCUT2D eigenvalue weighted by Crippen LogP contribution is -2.35. The summed E-state index contributed by atoms with van der Waals surface area (Å²) in [7, 11) is -3.58. The van der Waals surface area contributed by atoms with Crippen molar-refractivity contribution in [1.82, 2.24) is 14.3 Å². The summed E-state index contributed by atoms with van der Waals surface area (Å²) in [6.07, 6.45) is 1.39. The quantitative estimate of drug-likeness (QED) is 0.494. The molecule has 2 heterocycles. The zero-order valence-corrected chi connectivity index (χ0v) is 21.0. The lowest BCUT2D eigenvalue weighted by molar-refractivity contribution is 0.433. The average Bonchev–Trinajstić information content (AvgIpc) is 3.04. The molecule has 1 aliphatic rings. The van der Waals surface area contributed by atoms with E-state index in [0.717, 1.165) is 29.2 Å². The van der Waals surface area contributed by atoms with Crippen LogP contribution in [0.1, 0.15) is 29.1 Å². The van der Waals surface area contributed by atoms with E-state index < -0.39 is 10.0 Å². The van der Waals surface area contributed by atoms with Crippen LogP contribution in [-0.4, -0.2) is 48.9 Å². The molecule has 3 aromatic rings. The number of hydrogen-bond acceptors (Lipinski definition) is 5. The molecular weight excluding hydrogens is 479 g/mol. The minimum Gasteiger partial charge on any atom is -0.355 e.